The fourth-order valence-corrected chi connectivity index (χ4v) is 1.54. The lowest BCUT2D eigenvalue weighted by molar-refractivity contribution is -0.144. The smallest absolute Gasteiger partial charge is 0.333 e. The summed E-state index contributed by atoms with van der Waals surface area (Å²) >= 11 is 0. The van der Waals surface area contributed by atoms with Crippen LogP contribution >= 0.6 is 0 Å². The maximum Gasteiger partial charge on any atom is 0.333 e. The number of allylic oxidation sites excluding steroid dienone is 4. The van der Waals surface area contributed by atoms with Gasteiger partial charge in [-0.25, -0.2) is 9.59 Å². The molecular formula is C16H18O5. The summed E-state index contributed by atoms with van der Waals surface area (Å²) in [5.41, 5.74) is 0.830. The summed E-state index contributed by atoms with van der Waals surface area (Å²) in [6.45, 7) is 6.95. The maximum absolute atomic E-state index is 11.7. The van der Waals surface area contributed by atoms with E-state index in [1.54, 1.807) is 38.0 Å². The topological polar surface area (TPSA) is 69.7 Å². The van der Waals surface area contributed by atoms with E-state index in [1.165, 1.54) is 0 Å². The van der Waals surface area contributed by atoms with E-state index in [-0.39, 0.29) is 18.9 Å². The molecule has 0 amide bonds. The van der Waals surface area contributed by atoms with E-state index in [0.29, 0.717) is 23.3 Å². The minimum absolute atomic E-state index is 0.130. The number of hydrogen-bond acceptors (Lipinski definition) is 5. The molecule has 0 saturated carbocycles. The molecule has 0 aromatic rings. The van der Waals surface area contributed by atoms with E-state index in [1.807, 2.05) is 0 Å². The molecule has 1 atom stereocenters. The van der Waals surface area contributed by atoms with Gasteiger partial charge in [-0.1, -0.05) is 13.5 Å². The van der Waals surface area contributed by atoms with E-state index in [9.17, 15) is 14.4 Å². The van der Waals surface area contributed by atoms with Crippen molar-refractivity contribution in [1.82, 2.24) is 0 Å². The third-order valence-corrected chi connectivity index (χ3v) is 2.70. The van der Waals surface area contributed by atoms with E-state index in [2.05, 4.69) is 6.58 Å². The molecule has 0 N–H and O–H groups in total. The lowest BCUT2D eigenvalue weighted by atomic mass is 10.1. The molecule has 0 spiro atoms. The Morgan fingerprint density at radius 3 is 2.67 bits per heavy atom. The summed E-state index contributed by atoms with van der Waals surface area (Å²) in [4.78, 5) is 33.3. The fourth-order valence-electron chi connectivity index (χ4n) is 1.54. The Hall–Kier alpha value is -2.39. The SMILES string of the molecule is C=C(C)C(=O)OCC(C)CC(=O)OC1=CCC(=C=O)C=C1. The van der Waals surface area contributed by atoms with Crippen molar-refractivity contribution in [3.05, 3.63) is 41.7 Å². The summed E-state index contributed by atoms with van der Waals surface area (Å²) in [5, 5.41) is 0. The van der Waals surface area contributed by atoms with Gasteiger partial charge < -0.3 is 9.47 Å². The van der Waals surface area contributed by atoms with E-state index < -0.39 is 11.9 Å². The molecule has 0 radical (unpaired) electrons. The van der Waals surface area contributed by atoms with Crippen molar-refractivity contribution in [2.45, 2.75) is 26.7 Å². The third kappa shape index (κ3) is 6.06. The van der Waals surface area contributed by atoms with E-state index in [4.69, 9.17) is 9.47 Å². The minimum atomic E-state index is -0.471. The van der Waals surface area contributed by atoms with Crippen LogP contribution in [0.3, 0.4) is 0 Å². The first-order valence-electron chi connectivity index (χ1n) is 6.58. The Labute approximate surface area is 123 Å². The van der Waals surface area contributed by atoms with Crippen LogP contribution in [0.2, 0.25) is 0 Å². The zero-order chi connectivity index (χ0) is 15.8. The molecule has 112 valence electrons. The van der Waals surface area contributed by atoms with Gasteiger partial charge >= 0.3 is 11.9 Å². The predicted octanol–water partition coefficient (Wildman–Crippen LogP) is 2.28. The van der Waals surface area contributed by atoms with Crippen molar-refractivity contribution in [3.63, 3.8) is 0 Å². The van der Waals surface area contributed by atoms with Crippen LogP contribution in [0.5, 0.6) is 0 Å². The molecule has 0 aromatic carbocycles. The average Bonchev–Trinajstić information content (AvgIpc) is 2.45. The van der Waals surface area contributed by atoms with Crippen molar-refractivity contribution >= 4 is 17.9 Å². The van der Waals surface area contributed by atoms with Crippen LogP contribution in [0.1, 0.15) is 26.7 Å². The molecule has 1 aliphatic carbocycles. The third-order valence-electron chi connectivity index (χ3n) is 2.70. The standard InChI is InChI=1S/C16H18O5/c1-11(2)16(19)20-10-12(3)8-15(18)21-14-6-4-13(9-17)5-7-14/h4,6-7,12H,1,5,8,10H2,2-3H3. The summed E-state index contributed by atoms with van der Waals surface area (Å²) in [6.07, 6.45) is 5.28. The molecule has 0 heterocycles. The number of ether oxygens (including phenoxy) is 2. The lowest BCUT2D eigenvalue weighted by Crippen LogP contribution is -2.16. The first-order chi connectivity index (χ1) is 9.92. The van der Waals surface area contributed by atoms with Crippen LogP contribution in [-0.2, 0) is 23.9 Å². The molecule has 21 heavy (non-hydrogen) atoms. The van der Waals surface area contributed by atoms with Gasteiger partial charge in [-0.2, -0.15) is 0 Å². The highest BCUT2D eigenvalue weighted by molar-refractivity contribution is 5.86. The normalized spacial score (nSPS) is 14.8. The van der Waals surface area contributed by atoms with Gasteiger partial charge in [0.2, 0.25) is 0 Å². The monoisotopic (exact) mass is 290 g/mol. The Bertz CT molecular complexity index is 547. The van der Waals surface area contributed by atoms with Crippen molar-refractivity contribution in [2.75, 3.05) is 6.61 Å². The van der Waals surface area contributed by atoms with Crippen LogP contribution in [0.4, 0.5) is 0 Å². The highest BCUT2D eigenvalue weighted by Gasteiger charge is 2.15. The lowest BCUT2D eigenvalue weighted by Gasteiger charge is -2.13. The molecule has 0 saturated heterocycles. The minimum Gasteiger partial charge on any atom is -0.462 e. The second kappa shape index (κ2) is 8.02. The highest BCUT2D eigenvalue weighted by Crippen LogP contribution is 2.16. The molecule has 1 unspecified atom stereocenters. The van der Waals surface area contributed by atoms with Gasteiger partial charge in [0, 0.05) is 23.5 Å². The Balaban J connectivity index is 2.35. The summed E-state index contributed by atoms with van der Waals surface area (Å²) < 4.78 is 10.1. The van der Waals surface area contributed by atoms with Gasteiger partial charge in [0.1, 0.15) is 11.7 Å². The quantitative estimate of drug-likeness (QED) is 0.426. The molecule has 5 heteroatoms. The molecule has 0 bridgehead atoms. The summed E-state index contributed by atoms with van der Waals surface area (Å²) in [6, 6.07) is 0. The molecule has 0 fully saturated rings. The summed E-state index contributed by atoms with van der Waals surface area (Å²) in [5.74, 6) is 1.16. The zero-order valence-electron chi connectivity index (χ0n) is 12.2. The maximum atomic E-state index is 11.7. The van der Waals surface area contributed by atoms with Gasteiger partial charge in [0.25, 0.3) is 0 Å². The number of carbonyl (C=O) groups is 2. The van der Waals surface area contributed by atoms with Crippen LogP contribution < -0.4 is 0 Å². The van der Waals surface area contributed by atoms with E-state index >= 15 is 0 Å². The van der Waals surface area contributed by atoms with Gasteiger partial charge in [-0.15, -0.1) is 0 Å². The van der Waals surface area contributed by atoms with Crippen LogP contribution in [0.15, 0.2) is 41.7 Å². The number of hydrogen-bond donors (Lipinski definition) is 0. The first-order valence-corrected chi connectivity index (χ1v) is 6.58. The fraction of sp³-hybridized carbons (Fsp3) is 0.375. The predicted molar refractivity (Wildman–Crippen MR) is 76.7 cm³/mol. The van der Waals surface area contributed by atoms with Crippen molar-refractivity contribution in [1.29, 1.82) is 0 Å². The molecular weight excluding hydrogens is 272 g/mol. The summed E-state index contributed by atoms with van der Waals surface area (Å²) in [7, 11) is 0. The molecule has 1 aliphatic rings. The van der Waals surface area contributed by atoms with Gasteiger partial charge in [-0.05, 0) is 25.2 Å². The Morgan fingerprint density at radius 2 is 2.14 bits per heavy atom. The molecule has 1 rings (SSSR count). The van der Waals surface area contributed by atoms with Gasteiger partial charge in [0.05, 0.1) is 13.0 Å². The second-order valence-electron chi connectivity index (χ2n) is 4.93. The Morgan fingerprint density at radius 1 is 1.43 bits per heavy atom. The molecule has 5 nitrogen and oxygen atoms in total. The number of carbonyl (C=O) groups excluding carboxylic acids is 3. The molecule has 0 aromatic heterocycles. The average molecular weight is 290 g/mol. The molecule has 0 aliphatic heterocycles. The van der Waals surface area contributed by atoms with E-state index in [0.717, 1.165) is 0 Å². The van der Waals surface area contributed by atoms with Crippen LogP contribution in [0, 0.1) is 5.92 Å². The zero-order valence-corrected chi connectivity index (χ0v) is 12.2. The second-order valence-corrected chi connectivity index (χ2v) is 4.93. The number of esters is 2. The number of rotatable bonds is 6. The van der Waals surface area contributed by atoms with Crippen molar-refractivity contribution < 1.29 is 23.9 Å². The largest absolute Gasteiger partial charge is 0.462 e. The van der Waals surface area contributed by atoms with Crippen LogP contribution in [0.25, 0.3) is 0 Å². The first kappa shape index (κ1) is 16.7. The van der Waals surface area contributed by atoms with Crippen LogP contribution in [-0.4, -0.2) is 24.5 Å². The Kier molecular flexibility index (Phi) is 6.37. The highest BCUT2D eigenvalue weighted by atomic mass is 16.5. The van der Waals surface area contributed by atoms with Crippen molar-refractivity contribution in [3.8, 4) is 0 Å². The van der Waals surface area contributed by atoms with Gasteiger partial charge in [0.15, 0.2) is 0 Å². The van der Waals surface area contributed by atoms with Gasteiger partial charge in [-0.3, -0.25) is 4.79 Å². The van der Waals surface area contributed by atoms with Crippen molar-refractivity contribution in [2.24, 2.45) is 5.92 Å².